The van der Waals surface area contributed by atoms with Crippen LogP contribution in [0.2, 0.25) is 5.02 Å². The quantitative estimate of drug-likeness (QED) is 0.780. The molecule has 4 nitrogen and oxygen atoms in total. The summed E-state index contributed by atoms with van der Waals surface area (Å²) in [6, 6.07) is 4.88. The molecule has 1 aliphatic rings. The summed E-state index contributed by atoms with van der Waals surface area (Å²) < 4.78 is 0. The van der Waals surface area contributed by atoms with Crippen molar-refractivity contribution in [3.63, 3.8) is 0 Å². The minimum absolute atomic E-state index is 0.114. The van der Waals surface area contributed by atoms with Gasteiger partial charge >= 0.3 is 5.97 Å². The van der Waals surface area contributed by atoms with E-state index in [2.05, 4.69) is 5.32 Å². The minimum atomic E-state index is -1.02. The molecule has 1 aromatic carbocycles. The van der Waals surface area contributed by atoms with Gasteiger partial charge in [0.2, 0.25) is 0 Å². The number of carbonyl (C=O) groups is 1. The average Bonchev–Trinajstić information content (AvgIpc) is 2.45. The lowest BCUT2D eigenvalue weighted by molar-refractivity contribution is 0.0697. The van der Waals surface area contributed by atoms with E-state index in [0.29, 0.717) is 11.8 Å². The van der Waals surface area contributed by atoms with Crippen LogP contribution in [0.25, 0.3) is 0 Å². The molecule has 3 N–H and O–H groups in total. The largest absolute Gasteiger partial charge is 0.478 e. The molecule has 0 heterocycles. The van der Waals surface area contributed by atoms with Crippen molar-refractivity contribution in [3.8, 4) is 0 Å². The fourth-order valence-electron chi connectivity index (χ4n) is 2.84. The van der Waals surface area contributed by atoms with Crippen LogP contribution in [-0.4, -0.2) is 29.3 Å². The number of aliphatic hydroxyl groups excluding tert-OH is 1. The van der Waals surface area contributed by atoms with Crippen LogP contribution in [0.4, 0.5) is 5.69 Å². The Morgan fingerprint density at radius 3 is 2.60 bits per heavy atom. The molecular weight excluding hydrogens is 278 g/mol. The lowest BCUT2D eigenvalue weighted by Crippen LogP contribution is -2.28. The Morgan fingerprint density at radius 1 is 1.30 bits per heavy atom. The number of carboxylic acid groups (broad SMARTS) is 1. The Hall–Kier alpha value is -1.26. The van der Waals surface area contributed by atoms with E-state index in [1.165, 1.54) is 18.9 Å². The van der Waals surface area contributed by atoms with Gasteiger partial charge in [0.15, 0.2) is 0 Å². The molecule has 0 bridgehead atoms. The average molecular weight is 298 g/mol. The van der Waals surface area contributed by atoms with Crippen molar-refractivity contribution in [2.45, 2.75) is 25.7 Å². The maximum absolute atomic E-state index is 10.9. The topological polar surface area (TPSA) is 69.6 Å². The first-order chi connectivity index (χ1) is 9.61. The molecular formula is C15H20ClNO3. The number of halogens is 1. The van der Waals surface area contributed by atoms with Gasteiger partial charge in [-0.15, -0.1) is 0 Å². The highest BCUT2D eigenvalue weighted by Gasteiger charge is 2.24. The number of benzene rings is 1. The molecule has 0 saturated heterocycles. The predicted octanol–water partition coefficient (Wildman–Crippen LogP) is 3.25. The van der Waals surface area contributed by atoms with Crippen LogP contribution in [0.5, 0.6) is 0 Å². The third kappa shape index (κ3) is 3.64. The van der Waals surface area contributed by atoms with Gasteiger partial charge in [0.05, 0.1) is 10.6 Å². The normalized spacial score (nSPS) is 22.5. The van der Waals surface area contributed by atoms with E-state index >= 15 is 0 Å². The third-order valence-corrected chi connectivity index (χ3v) is 4.38. The summed E-state index contributed by atoms with van der Waals surface area (Å²) in [5.41, 5.74) is 0.936. The first-order valence-corrected chi connectivity index (χ1v) is 7.37. The monoisotopic (exact) mass is 297 g/mol. The Kier molecular flexibility index (Phi) is 5.26. The van der Waals surface area contributed by atoms with Crippen LogP contribution >= 0.6 is 11.6 Å². The molecule has 2 unspecified atom stereocenters. The van der Waals surface area contributed by atoms with Gasteiger partial charge in [0.25, 0.3) is 0 Å². The molecule has 110 valence electrons. The number of aromatic carboxylic acids is 1. The number of rotatable bonds is 5. The molecule has 1 aliphatic carbocycles. The molecule has 20 heavy (non-hydrogen) atoms. The molecule has 0 radical (unpaired) electrons. The number of anilines is 1. The van der Waals surface area contributed by atoms with Gasteiger partial charge in [-0.2, -0.15) is 0 Å². The SMILES string of the molecule is O=C(O)c1ccc(NCC2CCCCC2CO)cc1Cl. The van der Waals surface area contributed by atoms with Gasteiger partial charge in [0, 0.05) is 18.8 Å². The number of nitrogens with one attached hydrogen (secondary N) is 1. The van der Waals surface area contributed by atoms with Crippen molar-refractivity contribution in [2.75, 3.05) is 18.5 Å². The molecule has 0 aliphatic heterocycles. The Bertz CT molecular complexity index is 478. The summed E-state index contributed by atoms with van der Waals surface area (Å²) in [4.78, 5) is 10.9. The Labute approximate surface area is 123 Å². The summed E-state index contributed by atoms with van der Waals surface area (Å²) in [5, 5.41) is 21.8. The van der Waals surface area contributed by atoms with Crippen LogP contribution in [0, 0.1) is 11.8 Å². The highest BCUT2D eigenvalue weighted by molar-refractivity contribution is 6.33. The van der Waals surface area contributed by atoms with E-state index in [0.717, 1.165) is 25.1 Å². The molecule has 1 fully saturated rings. The van der Waals surface area contributed by atoms with Crippen molar-refractivity contribution in [2.24, 2.45) is 11.8 Å². The standard InChI is InChI=1S/C15H20ClNO3/c16-14-7-12(5-6-13(14)15(19)20)17-8-10-3-1-2-4-11(10)9-18/h5-7,10-11,17-18H,1-4,8-9H2,(H,19,20). The van der Waals surface area contributed by atoms with E-state index in [1.807, 2.05) is 0 Å². The van der Waals surface area contributed by atoms with Crippen LogP contribution in [0.3, 0.4) is 0 Å². The zero-order valence-corrected chi connectivity index (χ0v) is 12.1. The molecule has 0 spiro atoms. The molecule has 5 heteroatoms. The zero-order chi connectivity index (χ0) is 14.5. The summed E-state index contributed by atoms with van der Waals surface area (Å²) in [5.74, 6) is -0.189. The number of aliphatic hydroxyl groups is 1. The fraction of sp³-hybridized carbons (Fsp3) is 0.533. The molecule has 0 amide bonds. The Balaban J connectivity index is 1.96. The van der Waals surface area contributed by atoms with E-state index in [1.54, 1.807) is 12.1 Å². The van der Waals surface area contributed by atoms with Crippen molar-refractivity contribution in [3.05, 3.63) is 28.8 Å². The van der Waals surface area contributed by atoms with E-state index in [4.69, 9.17) is 16.7 Å². The third-order valence-electron chi connectivity index (χ3n) is 4.07. The summed E-state index contributed by atoms with van der Waals surface area (Å²) in [7, 11) is 0. The molecule has 0 aromatic heterocycles. The van der Waals surface area contributed by atoms with Gasteiger partial charge in [0.1, 0.15) is 0 Å². The van der Waals surface area contributed by atoms with Crippen molar-refractivity contribution < 1.29 is 15.0 Å². The van der Waals surface area contributed by atoms with Crippen molar-refractivity contribution >= 4 is 23.3 Å². The van der Waals surface area contributed by atoms with Crippen LogP contribution in [0.1, 0.15) is 36.0 Å². The highest BCUT2D eigenvalue weighted by Crippen LogP contribution is 2.30. The number of hydrogen-bond donors (Lipinski definition) is 3. The van der Waals surface area contributed by atoms with E-state index in [9.17, 15) is 9.90 Å². The maximum Gasteiger partial charge on any atom is 0.337 e. The summed E-state index contributed by atoms with van der Waals surface area (Å²) in [6.07, 6.45) is 4.61. The number of hydrogen-bond acceptors (Lipinski definition) is 3. The lowest BCUT2D eigenvalue weighted by Gasteiger charge is -2.30. The Morgan fingerprint density at radius 2 is 2.00 bits per heavy atom. The summed E-state index contributed by atoms with van der Waals surface area (Å²) >= 11 is 5.94. The first-order valence-electron chi connectivity index (χ1n) is 6.99. The number of carboxylic acids is 1. The second-order valence-corrected chi connectivity index (χ2v) is 5.78. The van der Waals surface area contributed by atoms with E-state index in [-0.39, 0.29) is 17.2 Å². The van der Waals surface area contributed by atoms with Gasteiger partial charge in [-0.05, 0) is 42.9 Å². The predicted molar refractivity (Wildman–Crippen MR) is 79.4 cm³/mol. The van der Waals surface area contributed by atoms with Crippen LogP contribution in [-0.2, 0) is 0 Å². The molecule has 1 aromatic rings. The van der Waals surface area contributed by atoms with Gasteiger partial charge in [-0.3, -0.25) is 0 Å². The maximum atomic E-state index is 10.9. The molecule has 2 atom stereocenters. The molecule has 1 saturated carbocycles. The second kappa shape index (κ2) is 6.95. The second-order valence-electron chi connectivity index (χ2n) is 5.37. The lowest BCUT2D eigenvalue weighted by atomic mass is 9.79. The van der Waals surface area contributed by atoms with Gasteiger partial charge < -0.3 is 15.5 Å². The van der Waals surface area contributed by atoms with Crippen LogP contribution in [0.15, 0.2) is 18.2 Å². The fourth-order valence-corrected chi connectivity index (χ4v) is 3.10. The minimum Gasteiger partial charge on any atom is -0.478 e. The van der Waals surface area contributed by atoms with Gasteiger partial charge in [-0.25, -0.2) is 4.79 Å². The summed E-state index contributed by atoms with van der Waals surface area (Å²) in [6.45, 7) is 1.03. The van der Waals surface area contributed by atoms with Gasteiger partial charge in [-0.1, -0.05) is 24.4 Å². The highest BCUT2D eigenvalue weighted by atomic mass is 35.5. The zero-order valence-electron chi connectivity index (χ0n) is 11.3. The van der Waals surface area contributed by atoms with Crippen LogP contribution < -0.4 is 5.32 Å². The van der Waals surface area contributed by atoms with Crippen molar-refractivity contribution in [1.82, 2.24) is 0 Å². The van der Waals surface area contributed by atoms with Crippen molar-refractivity contribution in [1.29, 1.82) is 0 Å². The smallest absolute Gasteiger partial charge is 0.337 e. The first kappa shape index (κ1) is 15.1. The molecule has 2 rings (SSSR count). The van der Waals surface area contributed by atoms with E-state index < -0.39 is 5.97 Å².